The fraction of sp³-hybridized carbons (Fsp3) is 0.400. The largest absolute Gasteiger partial charge is 0.493 e. The summed E-state index contributed by atoms with van der Waals surface area (Å²) in [5.41, 5.74) is 6.30. The van der Waals surface area contributed by atoms with E-state index in [1.807, 2.05) is 25.3 Å². The Balaban J connectivity index is 2.24. The van der Waals surface area contributed by atoms with Gasteiger partial charge in [-0.3, -0.25) is 4.79 Å². The second-order valence-corrected chi connectivity index (χ2v) is 4.42. The Labute approximate surface area is 114 Å². The van der Waals surface area contributed by atoms with Crippen LogP contribution < -0.4 is 10.5 Å². The van der Waals surface area contributed by atoms with Crippen LogP contribution in [0.2, 0.25) is 0 Å². The van der Waals surface area contributed by atoms with Crippen molar-refractivity contribution in [1.82, 2.24) is 4.90 Å². The molecule has 0 radical (unpaired) electrons. The number of carbonyl (C=O) groups is 1. The van der Waals surface area contributed by atoms with Crippen LogP contribution in [-0.4, -0.2) is 31.0 Å². The van der Waals surface area contributed by atoms with Gasteiger partial charge in [0.1, 0.15) is 5.75 Å². The van der Waals surface area contributed by atoms with Crippen molar-refractivity contribution in [2.75, 3.05) is 25.9 Å². The number of amides is 1. The smallest absolute Gasteiger partial charge is 0.225 e. The van der Waals surface area contributed by atoms with Crippen molar-refractivity contribution in [3.63, 3.8) is 0 Å². The van der Waals surface area contributed by atoms with Crippen molar-refractivity contribution in [2.45, 2.75) is 19.3 Å². The second-order valence-electron chi connectivity index (χ2n) is 4.42. The van der Waals surface area contributed by atoms with Crippen molar-refractivity contribution >= 4 is 11.6 Å². The quantitative estimate of drug-likeness (QED) is 0.445. The van der Waals surface area contributed by atoms with Gasteiger partial charge in [0.15, 0.2) is 0 Å². The summed E-state index contributed by atoms with van der Waals surface area (Å²) in [4.78, 5) is 13.5. The number of rotatable bonds is 8. The highest BCUT2D eigenvalue weighted by molar-refractivity contribution is 5.75. The van der Waals surface area contributed by atoms with E-state index in [9.17, 15) is 4.79 Å². The van der Waals surface area contributed by atoms with E-state index in [0.29, 0.717) is 24.5 Å². The molecule has 0 fully saturated rings. The first kappa shape index (κ1) is 15.1. The lowest BCUT2D eigenvalue weighted by atomic mass is 10.3. The summed E-state index contributed by atoms with van der Waals surface area (Å²) in [6.07, 6.45) is 4.11. The van der Waals surface area contributed by atoms with Gasteiger partial charge < -0.3 is 15.4 Å². The number of ether oxygens (including phenoxy) is 1. The number of benzene rings is 1. The Bertz CT molecular complexity index is 418. The molecule has 2 N–H and O–H groups in total. The molecule has 0 heterocycles. The van der Waals surface area contributed by atoms with Crippen LogP contribution in [0.5, 0.6) is 5.75 Å². The van der Waals surface area contributed by atoms with Crippen molar-refractivity contribution < 1.29 is 9.53 Å². The molecule has 1 aromatic rings. The Hall–Kier alpha value is -1.97. The number of unbranched alkanes of at least 4 members (excludes halogenated alkanes) is 1. The van der Waals surface area contributed by atoms with Crippen molar-refractivity contribution in [2.24, 2.45) is 0 Å². The molecule has 0 saturated carbocycles. The van der Waals surface area contributed by atoms with Gasteiger partial charge in [-0.25, -0.2) is 0 Å². The number of allylic oxidation sites excluding steroid dienone is 1. The van der Waals surface area contributed by atoms with E-state index in [2.05, 4.69) is 6.58 Å². The molecule has 1 amide bonds. The van der Waals surface area contributed by atoms with E-state index in [1.165, 1.54) is 0 Å². The number of hydrogen-bond acceptors (Lipinski definition) is 3. The summed E-state index contributed by atoms with van der Waals surface area (Å²) in [5.74, 6) is 0.787. The molecular formula is C15H22N2O2. The van der Waals surface area contributed by atoms with Crippen LogP contribution in [0.4, 0.5) is 5.69 Å². The van der Waals surface area contributed by atoms with Crippen LogP contribution in [0.25, 0.3) is 0 Å². The van der Waals surface area contributed by atoms with Crippen LogP contribution in [0.1, 0.15) is 19.3 Å². The summed E-state index contributed by atoms with van der Waals surface area (Å²) in [5, 5.41) is 0. The predicted molar refractivity (Wildman–Crippen MR) is 78.0 cm³/mol. The second kappa shape index (κ2) is 8.19. The highest BCUT2D eigenvalue weighted by atomic mass is 16.5. The molecule has 0 atom stereocenters. The maximum atomic E-state index is 11.8. The van der Waals surface area contributed by atoms with Crippen molar-refractivity contribution in [1.29, 1.82) is 0 Å². The van der Waals surface area contributed by atoms with Gasteiger partial charge in [-0.05, 0) is 25.0 Å². The molecule has 0 saturated heterocycles. The zero-order chi connectivity index (χ0) is 14.1. The first-order chi connectivity index (χ1) is 9.13. The zero-order valence-electron chi connectivity index (χ0n) is 11.5. The topological polar surface area (TPSA) is 55.6 Å². The van der Waals surface area contributed by atoms with Crippen LogP contribution in [-0.2, 0) is 4.79 Å². The fourth-order valence-corrected chi connectivity index (χ4v) is 1.65. The lowest BCUT2D eigenvalue weighted by Gasteiger charge is -2.16. The number of hydrogen-bond donors (Lipinski definition) is 1. The van der Waals surface area contributed by atoms with Crippen LogP contribution in [0.3, 0.4) is 0 Å². The first-order valence-corrected chi connectivity index (χ1v) is 6.46. The molecular weight excluding hydrogens is 240 g/mol. The minimum atomic E-state index is 0.0907. The van der Waals surface area contributed by atoms with Crippen molar-refractivity contribution in [3.8, 4) is 5.75 Å². The van der Waals surface area contributed by atoms with Gasteiger partial charge in [0.05, 0.1) is 13.0 Å². The third-order valence-electron chi connectivity index (χ3n) is 2.77. The lowest BCUT2D eigenvalue weighted by molar-refractivity contribution is -0.130. The van der Waals surface area contributed by atoms with E-state index in [4.69, 9.17) is 10.5 Å². The minimum absolute atomic E-state index is 0.0907. The highest BCUT2D eigenvalue weighted by Gasteiger charge is 2.08. The SMILES string of the molecule is C=CCCCN(C)C(=O)CCOc1cccc(N)c1. The predicted octanol–water partition coefficient (Wildman–Crippen LogP) is 2.46. The van der Waals surface area contributed by atoms with Crippen molar-refractivity contribution in [3.05, 3.63) is 36.9 Å². The molecule has 4 nitrogen and oxygen atoms in total. The van der Waals surface area contributed by atoms with Gasteiger partial charge >= 0.3 is 0 Å². The highest BCUT2D eigenvalue weighted by Crippen LogP contribution is 2.14. The molecule has 0 aliphatic carbocycles. The molecule has 0 aliphatic heterocycles. The molecule has 0 aromatic heterocycles. The average molecular weight is 262 g/mol. The molecule has 0 bridgehead atoms. The Morgan fingerprint density at radius 1 is 1.53 bits per heavy atom. The van der Waals surface area contributed by atoms with Gasteiger partial charge in [-0.1, -0.05) is 12.1 Å². The Morgan fingerprint density at radius 3 is 3.00 bits per heavy atom. The third kappa shape index (κ3) is 5.95. The maximum absolute atomic E-state index is 11.8. The minimum Gasteiger partial charge on any atom is -0.493 e. The van der Waals surface area contributed by atoms with E-state index in [-0.39, 0.29) is 5.91 Å². The molecule has 19 heavy (non-hydrogen) atoms. The van der Waals surface area contributed by atoms with Gasteiger partial charge in [-0.15, -0.1) is 6.58 Å². The van der Waals surface area contributed by atoms with Crippen LogP contribution in [0.15, 0.2) is 36.9 Å². The molecule has 4 heteroatoms. The standard InChI is InChI=1S/C15H22N2O2/c1-3-4-5-10-17(2)15(18)9-11-19-14-8-6-7-13(16)12-14/h3,6-8,12H,1,4-5,9-11,16H2,2H3. The van der Waals surface area contributed by atoms with Gasteiger partial charge in [-0.2, -0.15) is 0 Å². The summed E-state index contributed by atoms with van der Waals surface area (Å²) in [6.45, 7) is 4.78. The maximum Gasteiger partial charge on any atom is 0.225 e. The molecule has 0 unspecified atom stereocenters. The zero-order valence-corrected chi connectivity index (χ0v) is 11.5. The molecule has 0 aliphatic rings. The van der Waals surface area contributed by atoms with E-state index in [0.717, 1.165) is 19.4 Å². The number of nitrogens with zero attached hydrogens (tertiary/aromatic N) is 1. The monoisotopic (exact) mass is 262 g/mol. The fourth-order valence-electron chi connectivity index (χ4n) is 1.65. The number of nitrogen functional groups attached to an aromatic ring is 1. The summed E-state index contributed by atoms with van der Waals surface area (Å²) < 4.78 is 5.49. The van der Waals surface area contributed by atoms with E-state index < -0.39 is 0 Å². The molecule has 0 spiro atoms. The third-order valence-corrected chi connectivity index (χ3v) is 2.77. The lowest BCUT2D eigenvalue weighted by Crippen LogP contribution is -2.28. The molecule has 104 valence electrons. The van der Waals surface area contributed by atoms with Crippen LogP contribution >= 0.6 is 0 Å². The number of carbonyl (C=O) groups excluding carboxylic acids is 1. The normalized spacial score (nSPS) is 9.95. The Morgan fingerprint density at radius 2 is 2.32 bits per heavy atom. The summed E-state index contributed by atoms with van der Waals surface area (Å²) in [6, 6.07) is 7.20. The number of nitrogens with two attached hydrogens (primary N) is 1. The first-order valence-electron chi connectivity index (χ1n) is 6.46. The molecule has 1 rings (SSSR count). The Kier molecular flexibility index (Phi) is 6.50. The number of anilines is 1. The summed E-state index contributed by atoms with van der Waals surface area (Å²) in [7, 11) is 1.81. The average Bonchev–Trinajstić information content (AvgIpc) is 2.39. The molecule has 1 aromatic carbocycles. The van der Waals surface area contributed by atoms with Gasteiger partial charge in [0.2, 0.25) is 5.91 Å². The van der Waals surface area contributed by atoms with E-state index >= 15 is 0 Å². The summed E-state index contributed by atoms with van der Waals surface area (Å²) >= 11 is 0. The van der Waals surface area contributed by atoms with Crippen LogP contribution in [0, 0.1) is 0 Å². The van der Waals surface area contributed by atoms with E-state index in [1.54, 1.807) is 17.0 Å². The van der Waals surface area contributed by atoms with Gasteiger partial charge in [0.25, 0.3) is 0 Å². The van der Waals surface area contributed by atoms with Gasteiger partial charge in [0, 0.05) is 25.3 Å².